The van der Waals surface area contributed by atoms with Crippen LogP contribution in [-0.2, 0) is 26.2 Å². The Kier molecular flexibility index (Phi) is 11.9. The molecule has 1 N–H and O–H groups in total. The second-order valence-electron chi connectivity index (χ2n) is 9.38. The van der Waals surface area contributed by atoms with Crippen LogP contribution in [0.3, 0.4) is 0 Å². The third-order valence-electron chi connectivity index (χ3n) is 6.50. The number of hydrogen-bond acceptors (Lipinski definition) is 5. The highest BCUT2D eigenvalue weighted by Crippen LogP contribution is 2.28. The molecule has 3 aromatic rings. The predicted molar refractivity (Wildman–Crippen MR) is 163 cm³/mol. The van der Waals surface area contributed by atoms with Gasteiger partial charge in [0.15, 0.2) is 0 Å². The molecule has 0 saturated heterocycles. The van der Waals surface area contributed by atoms with Gasteiger partial charge in [0.2, 0.25) is 11.8 Å². The van der Waals surface area contributed by atoms with Crippen LogP contribution in [0, 0.1) is 0 Å². The van der Waals surface area contributed by atoms with Crippen molar-refractivity contribution in [1.29, 1.82) is 0 Å². The minimum atomic E-state index is -4.22. The van der Waals surface area contributed by atoms with Gasteiger partial charge in [0, 0.05) is 23.1 Å². The van der Waals surface area contributed by atoms with E-state index < -0.39 is 28.5 Å². The van der Waals surface area contributed by atoms with Gasteiger partial charge in [-0.15, -0.1) is 0 Å². The molecule has 220 valence electrons. The minimum absolute atomic E-state index is 0.0410. The lowest BCUT2D eigenvalue weighted by molar-refractivity contribution is -0.140. The van der Waals surface area contributed by atoms with Gasteiger partial charge in [0.25, 0.3) is 10.0 Å². The molecule has 0 aliphatic carbocycles. The van der Waals surface area contributed by atoms with Gasteiger partial charge < -0.3 is 15.0 Å². The topological polar surface area (TPSA) is 96.0 Å². The molecule has 2 amide bonds. The van der Waals surface area contributed by atoms with Gasteiger partial charge in [-0.25, -0.2) is 8.42 Å². The van der Waals surface area contributed by atoms with Crippen LogP contribution in [0.25, 0.3) is 0 Å². The number of halogens is 2. The summed E-state index contributed by atoms with van der Waals surface area (Å²) in [6.45, 7) is 3.86. The van der Waals surface area contributed by atoms with Gasteiger partial charge in [0.1, 0.15) is 18.3 Å². The van der Waals surface area contributed by atoms with Crippen LogP contribution in [0.4, 0.5) is 5.69 Å². The number of sulfonamides is 1. The predicted octanol–water partition coefficient (Wildman–Crippen LogP) is 5.92. The first-order valence-corrected chi connectivity index (χ1v) is 15.5. The molecule has 41 heavy (non-hydrogen) atoms. The van der Waals surface area contributed by atoms with E-state index in [0.717, 1.165) is 22.7 Å². The summed E-state index contributed by atoms with van der Waals surface area (Å²) < 4.78 is 34.0. The van der Waals surface area contributed by atoms with E-state index >= 15 is 0 Å². The van der Waals surface area contributed by atoms with Crippen LogP contribution in [0.15, 0.2) is 77.7 Å². The second kappa shape index (κ2) is 15.1. The molecule has 3 rings (SSSR count). The molecule has 8 nitrogen and oxygen atoms in total. The first kappa shape index (κ1) is 32.2. The van der Waals surface area contributed by atoms with Crippen LogP contribution >= 0.6 is 23.2 Å². The highest BCUT2D eigenvalue weighted by Gasteiger charge is 2.33. The van der Waals surface area contributed by atoms with E-state index in [0.29, 0.717) is 28.8 Å². The van der Waals surface area contributed by atoms with Gasteiger partial charge in [-0.2, -0.15) is 0 Å². The van der Waals surface area contributed by atoms with Crippen molar-refractivity contribution >= 4 is 50.7 Å². The average molecular weight is 621 g/mol. The van der Waals surface area contributed by atoms with Crippen LogP contribution in [0.2, 0.25) is 10.0 Å². The Morgan fingerprint density at radius 3 is 2.22 bits per heavy atom. The smallest absolute Gasteiger partial charge is 0.264 e. The van der Waals surface area contributed by atoms with E-state index in [2.05, 4.69) is 5.32 Å². The van der Waals surface area contributed by atoms with Crippen molar-refractivity contribution in [2.24, 2.45) is 0 Å². The van der Waals surface area contributed by atoms with E-state index in [1.807, 2.05) is 13.8 Å². The van der Waals surface area contributed by atoms with E-state index in [1.165, 1.54) is 35.2 Å². The molecule has 0 radical (unpaired) electrons. The Bertz CT molecular complexity index is 1420. The quantitative estimate of drug-likeness (QED) is 0.226. The van der Waals surface area contributed by atoms with Gasteiger partial charge in [0.05, 0.1) is 17.7 Å². The molecular formula is C30H35Cl2N3O5S. The van der Waals surface area contributed by atoms with E-state index in [-0.39, 0.29) is 23.0 Å². The molecule has 0 heterocycles. The minimum Gasteiger partial charge on any atom is -0.497 e. The molecule has 0 spiro atoms. The number of amides is 2. The summed E-state index contributed by atoms with van der Waals surface area (Å²) in [6.07, 6.45) is 2.04. The van der Waals surface area contributed by atoms with E-state index in [1.54, 1.807) is 49.6 Å². The fourth-order valence-electron chi connectivity index (χ4n) is 4.25. The number of nitrogens with zero attached hydrogens (tertiary/aromatic N) is 2. The highest BCUT2D eigenvalue weighted by molar-refractivity contribution is 7.92. The largest absolute Gasteiger partial charge is 0.497 e. The molecule has 1 unspecified atom stereocenters. The fourth-order valence-corrected chi connectivity index (χ4v) is 5.96. The van der Waals surface area contributed by atoms with Crippen molar-refractivity contribution in [3.05, 3.63) is 88.4 Å². The normalized spacial score (nSPS) is 11.9. The average Bonchev–Trinajstić information content (AvgIpc) is 2.96. The number of anilines is 1. The van der Waals surface area contributed by atoms with Gasteiger partial charge in [-0.05, 0) is 73.0 Å². The Hall–Kier alpha value is -3.27. The molecule has 0 aliphatic rings. The molecule has 0 aliphatic heterocycles. The van der Waals surface area contributed by atoms with Crippen molar-refractivity contribution < 1.29 is 22.7 Å². The standard InChI is InChI=1S/C30H35Cl2N3O5S/c1-4-6-18-33-30(37)28(5-2)34(20-22-10-14-26(40-3)15-11-22)29(36)21-35(25-9-7-8-24(32)19-25)41(38,39)27-16-12-23(31)13-17-27/h7-17,19,28H,4-6,18,20-21H2,1-3H3,(H,33,37). The number of carbonyl (C=O) groups is 2. The van der Waals surface area contributed by atoms with Crippen molar-refractivity contribution in [1.82, 2.24) is 10.2 Å². The Morgan fingerprint density at radius 1 is 0.951 bits per heavy atom. The lowest BCUT2D eigenvalue weighted by atomic mass is 10.1. The van der Waals surface area contributed by atoms with Gasteiger partial charge in [-0.1, -0.05) is 61.7 Å². The van der Waals surface area contributed by atoms with Crippen molar-refractivity contribution in [2.45, 2.75) is 50.6 Å². The summed E-state index contributed by atoms with van der Waals surface area (Å²) in [6, 6.07) is 18.3. The van der Waals surface area contributed by atoms with Crippen molar-refractivity contribution in [2.75, 3.05) is 24.5 Å². The van der Waals surface area contributed by atoms with E-state index in [4.69, 9.17) is 27.9 Å². The molecule has 0 bridgehead atoms. The zero-order valence-corrected chi connectivity index (χ0v) is 25.7. The van der Waals surface area contributed by atoms with Crippen LogP contribution in [-0.4, -0.2) is 51.4 Å². The fraction of sp³-hybridized carbons (Fsp3) is 0.333. The Morgan fingerprint density at radius 2 is 1.63 bits per heavy atom. The SMILES string of the molecule is CCCCNC(=O)C(CC)N(Cc1ccc(OC)cc1)C(=O)CN(c1cccc(Cl)c1)S(=O)(=O)c1ccc(Cl)cc1. The highest BCUT2D eigenvalue weighted by atomic mass is 35.5. The number of unbranched alkanes of at least 4 members (excludes halogenated alkanes) is 1. The van der Waals surface area contributed by atoms with Crippen LogP contribution < -0.4 is 14.4 Å². The Balaban J connectivity index is 2.03. The molecule has 3 aromatic carbocycles. The Labute approximate surface area is 252 Å². The molecule has 0 aromatic heterocycles. The summed E-state index contributed by atoms with van der Waals surface area (Å²) >= 11 is 12.2. The van der Waals surface area contributed by atoms with Crippen LogP contribution in [0.1, 0.15) is 38.7 Å². The number of carbonyl (C=O) groups excluding carboxylic acids is 2. The maximum atomic E-state index is 14.1. The number of hydrogen-bond donors (Lipinski definition) is 1. The maximum Gasteiger partial charge on any atom is 0.264 e. The van der Waals surface area contributed by atoms with E-state index in [9.17, 15) is 18.0 Å². The summed E-state index contributed by atoms with van der Waals surface area (Å²) in [5.74, 6) is -0.189. The monoisotopic (exact) mass is 619 g/mol. The summed E-state index contributed by atoms with van der Waals surface area (Å²) in [7, 11) is -2.66. The number of ether oxygens (including phenoxy) is 1. The van der Waals surface area contributed by atoms with Gasteiger partial charge >= 0.3 is 0 Å². The molecular weight excluding hydrogens is 585 g/mol. The summed E-state index contributed by atoms with van der Waals surface area (Å²) in [5.41, 5.74) is 0.972. The number of benzene rings is 3. The number of nitrogens with one attached hydrogen (secondary N) is 1. The van der Waals surface area contributed by atoms with Crippen molar-refractivity contribution in [3.63, 3.8) is 0 Å². The van der Waals surface area contributed by atoms with Crippen molar-refractivity contribution in [3.8, 4) is 5.75 Å². The molecule has 0 saturated carbocycles. The van der Waals surface area contributed by atoms with Gasteiger partial charge in [-0.3, -0.25) is 13.9 Å². The summed E-state index contributed by atoms with van der Waals surface area (Å²) in [5, 5.41) is 3.60. The second-order valence-corrected chi connectivity index (χ2v) is 12.1. The summed E-state index contributed by atoms with van der Waals surface area (Å²) in [4.78, 5) is 28.7. The lowest BCUT2D eigenvalue weighted by Crippen LogP contribution is -2.52. The third kappa shape index (κ3) is 8.61. The zero-order valence-electron chi connectivity index (χ0n) is 23.3. The maximum absolute atomic E-state index is 14.1. The molecule has 11 heteroatoms. The first-order valence-electron chi connectivity index (χ1n) is 13.3. The molecule has 1 atom stereocenters. The first-order chi connectivity index (χ1) is 19.6. The lowest BCUT2D eigenvalue weighted by Gasteiger charge is -2.33. The van der Waals surface area contributed by atoms with Crippen LogP contribution in [0.5, 0.6) is 5.75 Å². The molecule has 0 fully saturated rings. The zero-order chi connectivity index (χ0) is 30.0. The number of methoxy groups -OCH3 is 1. The third-order valence-corrected chi connectivity index (χ3v) is 8.78. The number of rotatable bonds is 14.